The number of aliphatic hydroxyl groups excluding tert-OH is 1. The zero-order valence-corrected chi connectivity index (χ0v) is 15.6. The number of likely N-dealkylation sites (tertiary alicyclic amines) is 1. The number of piperidine rings is 1. The van der Waals surface area contributed by atoms with Crippen molar-refractivity contribution in [1.29, 1.82) is 0 Å². The maximum absolute atomic E-state index is 13.2. The van der Waals surface area contributed by atoms with Crippen molar-refractivity contribution in [3.05, 3.63) is 65.2 Å². The van der Waals surface area contributed by atoms with Gasteiger partial charge in [-0.3, -0.25) is 9.69 Å². The largest absolute Gasteiger partial charge is 0.396 e. The predicted octanol–water partition coefficient (Wildman–Crippen LogP) is 3.69. The van der Waals surface area contributed by atoms with Crippen LogP contribution in [0.15, 0.2) is 48.5 Å². The maximum Gasteiger partial charge on any atom is 0.246 e. The van der Waals surface area contributed by atoms with Crippen LogP contribution in [0.5, 0.6) is 0 Å². The van der Waals surface area contributed by atoms with Gasteiger partial charge in [-0.25, -0.2) is 0 Å². The topological polar surface area (TPSA) is 52.6 Å². The van der Waals surface area contributed by atoms with E-state index < -0.39 is 0 Å². The molecule has 0 saturated carbocycles. The van der Waals surface area contributed by atoms with Crippen LogP contribution in [-0.4, -0.2) is 35.6 Å². The zero-order valence-electron chi connectivity index (χ0n) is 15.6. The van der Waals surface area contributed by atoms with Gasteiger partial charge in [0, 0.05) is 12.3 Å². The molecule has 1 amide bonds. The molecule has 0 spiro atoms. The van der Waals surface area contributed by atoms with Crippen LogP contribution < -0.4 is 5.32 Å². The van der Waals surface area contributed by atoms with E-state index in [1.807, 2.05) is 56.3 Å². The molecule has 0 bridgehead atoms. The van der Waals surface area contributed by atoms with Gasteiger partial charge in [0.25, 0.3) is 0 Å². The number of benzene rings is 2. The monoisotopic (exact) mass is 352 g/mol. The first-order chi connectivity index (χ1) is 12.6. The minimum absolute atomic E-state index is 0.00338. The molecule has 2 aromatic carbocycles. The average Bonchev–Trinajstić information content (AvgIpc) is 2.62. The summed E-state index contributed by atoms with van der Waals surface area (Å²) < 4.78 is 0. The molecule has 1 aliphatic heterocycles. The van der Waals surface area contributed by atoms with Crippen molar-refractivity contribution in [2.24, 2.45) is 5.92 Å². The molecule has 138 valence electrons. The number of carbonyl (C=O) groups is 1. The molecular weight excluding hydrogens is 324 g/mol. The third kappa shape index (κ3) is 4.51. The number of amides is 1. The molecule has 2 N–H and O–H groups in total. The zero-order chi connectivity index (χ0) is 18.5. The second-order valence-electron chi connectivity index (χ2n) is 7.34. The summed E-state index contributed by atoms with van der Waals surface area (Å²) in [4.78, 5) is 15.4. The fourth-order valence-electron chi connectivity index (χ4n) is 3.81. The highest BCUT2D eigenvalue weighted by Crippen LogP contribution is 2.28. The van der Waals surface area contributed by atoms with Gasteiger partial charge in [0.05, 0.1) is 0 Å². The lowest BCUT2D eigenvalue weighted by molar-refractivity contribution is -0.122. The van der Waals surface area contributed by atoms with E-state index >= 15 is 0 Å². The smallest absolute Gasteiger partial charge is 0.246 e. The van der Waals surface area contributed by atoms with E-state index in [0.29, 0.717) is 5.92 Å². The molecule has 2 aromatic rings. The molecule has 1 unspecified atom stereocenters. The van der Waals surface area contributed by atoms with E-state index in [1.165, 1.54) is 0 Å². The van der Waals surface area contributed by atoms with Gasteiger partial charge >= 0.3 is 0 Å². The fraction of sp³-hybridized carbons (Fsp3) is 0.409. The first-order valence-corrected chi connectivity index (χ1v) is 9.36. The van der Waals surface area contributed by atoms with Crippen LogP contribution in [-0.2, 0) is 4.79 Å². The molecule has 26 heavy (non-hydrogen) atoms. The number of hydrogen-bond acceptors (Lipinski definition) is 3. The first-order valence-electron chi connectivity index (χ1n) is 9.36. The van der Waals surface area contributed by atoms with Crippen molar-refractivity contribution in [2.75, 3.05) is 25.0 Å². The van der Waals surface area contributed by atoms with Gasteiger partial charge in [-0.05, 0) is 74.5 Å². The third-order valence-electron chi connectivity index (χ3n) is 5.13. The lowest BCUT2D eigenvalue weighted by atomic mass is 9.94. The summed E-state index contributed by atoms with van der Waals surface area (Å²) >= 11 is 0. The number of aliphatic hydroxyl groups is 1. The second-order valence-corrected chi connectivity index (χ2v) is 7.34. The Kier molecular flexibility index (Phi) is 6.07. The number of rotatable bonds is 5. The normalized spacial score (nSPS) is 17.0. The Balaban J connectivity index is 1.82. The highest BCUT2D eigenvalue weighted by molar-refractivity contribution is 5.95. The highest BCUT2D eigenvalue weighted by Gasteiger charge is 2.31. The Morgan fingerprint density at radius 3 is 2.31 bits per heavy atom. The summed E-state index contributed by atoms with van der Waals surface area (Å²) in [7, 11) is 0. The van der Waals surface area contributed by atoms with E-state index in [-0.39, 0.29) is 18.6 Å². The van der Waals surface area contributed by atoms with Crippen molar-refractivity contribution >= 4 is 11.6 Å². The summed E-state index contributed by atoms with van der Waals surface area (Å²) in [6, 6.07) is 15.8. The van der Waals surface area contributed by atoms with Crippen molar-refractivity contribution < 1.29 is 9.90 Å². The molecule has 1 fully saturated rings. The molecule has 1 heterocycles. The SMILES string of the molecule is Cc1cc(C)cc(NC(=O)C(c2ccccc2)N2CCC(CO)CC2)c1. The number of hydrogen-bond donors (Lipinski definition) is 2. The summed E-state index contributed by atoms with van der Waals surface area (Å²) in [5.41, 5.74) is 4.14. The van der Waals surface area contributed by atoms with Gasteiger partial charge in [-0.2, -0.15) is 0 Å². The lowest BCUT2D eigenvalue weighted by Gasteiger charge is -2.36. The minimum atomic E-state index is -0.309. The summed E-state index contributed by atoms with van der Waals surface area (Å²) in [6.07, 6.45) is 1.85. The van der Waals surface area contributed by atoms with Gasteiger partial charge in [-0.1, -0.05) is 36.4 Å². The van der Waals surface area contributed by atoms with Crippen molar-refractivity contribution in [1.82, 2.24) is 4.90 Å². The summed E-state index contributed by atoms with van der Waals surface area (Å²) in [6.45, 7) is 5.96. The van der Waals surface area contributed by atoms with Gasteiger partial charge in [0.1, 0.15) is 6.04 Å². The van der Waals surface area contributed by atoms with Crippen molar-refractivity contribution in [2.45, 2.75) is 32.7 Å². The standard InChI is InChI=1S/C22H28N2O2/c1-16-12-17(2)14-20(13-16)23-22(26)21(19-6-4-3-5-7-19)24-10-8-18(15-25)9-11-24/h3-7,12-14,18,21,25H,8-11,15H2,1-2H3,(H,23,26). The quantitative estimate of drug-likeness (QED) is 0.863. The van der Waals surface area contributed by atoms with Gasteiger partial charge < -0.3 is 10.4 Å². The number of nitrogens with zero attached hydrogens (tertiary/aromatic N) is 1. The molecule has 0 radical (unpaired) electrons. The van der Waals surface area contributed by atoms with Crippen molar-refractivity contribution in [3.8, 4) is 0 Å². The van der Waals surface area contributed by atoms with Crippen LogP contribution in [0.1, 0.15) is 35.6 Å². The number of anilines is 1. The Bertz CT molecular complexity index is 717. The summed E-state index contributed by atoms with van der Waals surface area (Å²) in [5.74, 6) is 0.355. The Morgan fingerprint density at radius 2 is 1.73 bits per heavy atom. The lowest BCUT2D eigenvalue weighted by Crippen LogP contribution is -2.42. The molecular formula is C22H28N2O2. The van der Waals surface area contributed by atoms with Crippen LogP contribution in [0, 0.1) is 19.8 Å². The van der Waals surface area contributed by atoms with Crippen LogP contribution in [0.4, 0.5) is 5.69 Å². The van der Waals surface area contributed by atoms with E-state index in [2.05, 4.69) is 16.3 Å². The molecule has 0 aromatic heterocycles. The van der Waals surface area contributed by atoms with E-state index in [9.17, 15) is 9.90 Å². The van der Waals surface area contributed by atoms with Gasteiger partial charge in [0.2, 0.25) is 5.91 Å². The van der Waals surface area contributed by atoms with Gasteiger partial charge in [-0.15, -0.1) is 0 Å². The number of aryl methyl sites for hydroxylation is 2. The Labute approximate surface area is 155 Å². The second kappa shape index (κ2) is 8.47. The molecule has 4 nitrogen and oxygen atoms in total. The molecule has 3 rings (SSSR count). The minimum Gasteiger partial charge on any atom is -0.396 e. The third-order valence-corrected chi connectivity index (χ3v) is 5.13. The Morgan fingerprint density at radius 1 is 1.12 bits per heavy atom. The number of nitrogens with one attached hydrogen (secondary N) is 1. The molecule has 1 aliphatic rings. The molecule has 0 aliphatic carbocycles. The van der Waals surface area contributed by atoms with E-state index in [1.54, 1.807) is 0 Å². The molecule has 1 atom stereocenters. The fourth-order valence-corrected chi connectivity index (χ4v) is 3.81. The molecule has 4 heteroatoms. The molecule has 1 saturated heterocycles. The Hall–Kier alpha value is -2.17. The van der Waals surface area contributed by atoms with Gasteiger partial charge in [0.15, 0.2) is 0 Å². The van der Waals surface area contributed by atoms with Crippen LogP contribution >= 0.6 is 0 Å². The van der Waals surface area contributed by atoms with E-state index in [4.69, 9.17) is 0 Å². The highest BCUT2D eigenvalue weighted by atomic mass is 16.3. The predicted molar refractivity (Wildman–Crippen MR) is 105 cm³/mol. The van der Waals surface area contributed by atoms with Crippen LogP contribution in [0.3, 0.4) is 0 Å². The summed E-state index contributed by atoms with van der Waals surface area (Å²) in [5, 5.41) is 12.5. The van der Waals surface area contributed by atoms with Crippen LogP contribution in [0.25, 0.3) is 0 Å². The maximum atomic E-state index is 13.2. The van der Waals surface area contributed by atoms with Crippen molar-refractivity contribution in [3.63, 3.8) is 0 Å². The first kappa shape index (κ1) is 18.6. The van der Waals surface area contributed by atoms with E-state index in [0.717, 1.165) is 48.3 Å². The van der Waals surface area contributed by atoms with Crippen LogP contribution in [0.2, 0.25) is 0 Å². The average molecular weight is 352 g/mol. The number of carbonyl (C=O) groups excluding carboxylic acids is 1.